The maximum atomic E-state index is 11.1. The van der Waals surface area contributed by atoms with Crippen LogP contribution in [0, 0.1) is 5.92 Å². The Morgan fingerprint density at radius 2 is 2.08 bits per heavy atom. The molecule has 0 saturated heterocycles. The Kier molecular flexibility index (Phi) is 2.22. The van der Waals surface area contributed by atoms with Crippen LogP contribution >= 0.6 is 0 Å². The lowest BCUT2D eigenvalue weighted by Crippen LogP contribution is -2.37. The SMILES string of the molecule is CC(C)C1=NC(=O)CC(C)(C)O1. The molecule has 0 aromatic carbocycles. The third-order valence-electron chi connectivity index (χ3n) is 1.69. The molecule has 0 atom stereocenters. The number of ether oxygens (including phenoxy) is 1. The highest BCUT2D eigenvalue weighted by atomic mass is 16.5. The first kappa shape index (κ1) is 9.23. The van der Waals surface area contributed by atoms with Gasteiger partial charge in [0.2, 0.25) is 0 Å². The lowest BCUT2D eigenvalue weighted by Gasteiger charge is -2.30. The van der Waals surface area contributed by atoms with E-state index in [2.05, 4.69) is 4.99 Å². The lowest BCUT2D eigenvalue weighted by atomic mass is 10.0. The summed E-state index contributed by atoms with van der Waals surface area (Å²) in [6, 6.07) is 0. The van der Waals surface area contributed by atoms with Crippen LogP contribution in [0.3, 0.4) is 0 Å². The van der Waals surface area contributed by atoms with Gasteiger partial charge in [0.05, 0.1) is 6.42 Å². The first-order valence-corrected chi connectivity index (χ1v) is 4.21. The lowest BCUT2D eigenvalue weighted by molar-refractivity contribution is -0.123. The summed E-state index contributed by atoms with van der Waals surface area (Å²) in [7, 11) is 0. The van der Waals surface area contributed by atoms with Gasteiger partial charge in [0.25, 0.3) is 5.91 Å². The van der Waals surface area contributed by atoms with Crippen LogP contribution in [0.4, 0.5) is 0 Å². The van der Waals surface area contributed by atoms with E-state index in [1.165, 1.54) is 0 Å². The topological polar surface area (TPSA) is 38.7 Å². The van der Waals surface area contributed by atoms with Gasteiger partial charge in [-0.25, -0.2) is 0 Å². The van der Waals surface area contributed by atoms with Crippen LogP contribution in [0.15, 0.2) is 4.99 Å². The molecule has 3 heteroatoms. The zero-order chi connectivity index (χ0) is 9.35. The summed E-state index contributed by atoms with van der Waals surface area (Å²) < 4.78 is 5.53. The predicted molar refractivity (Wildman–Crippen MR) is 47.1 cm³/mol. The fourth-order valence-corrected chi connectivity index (χ4v) is 1.12. The molecule has 0 fully saturated rings. The van der Waals surface area contributed by atoms with Crippen LogP contribution in [-0.2, 0) is 9.53 Å². The summed E-state index contributed by atoms with van der Waals surface area (Å²) in [5, 5.41) is 0. The smallest absolute Gasteiger partial charge is 0.252 e. The fraction of sp³-hybridized carbons (Fsp3) is 0.778. The van der Waals surface area contributed by atoms with Crippen LogP contribution in [0.2, 0.25) is 0 Å². The van der Waals surface area contributed by atoms with Crippen molar-refractivity contribution in [3.8, 4) is 0 Å². The molecule has 0 aromatic rings. The molecule has 0 N–H and O–H groups in total. The van der Waals surface area contributed by atoms with Gasteiger partial charge in [-0.05, 0) is 13.8 Å². The first-order chi connectivity index (χ1) is 5.41. The highest BCUT2D eigenvalue weighted by Gasteiger charge is 2.31. The summed E-state index contributed by atoms with van der Waals surface area (Å²) in [6.45, 7) is 7.74. The first-order valence-electron chi connectivity index (χ1n) is 4.21. The van der Waals surface area contributed by atoms with Gasteiger partial charge in [-0.3, -0.25) is 4.79 Å². The molecular weight excluding hydrogens is 154 g/mol. The molecule has 1 aliphatic rings. The Balaban J connectivity index is 2.84. The summed E-state index contributed by atoms with van der Waals surface area (Å²) in [5.41, 5.74) is -0.377. The number of amides is 1. The van der Waals surface area contributed by atoms with Gasteiger partial charge in [-0.1, -0.05) is 13.8 Å². The van der Waals surface area contributed by atoms with Gasteiger partial charge in [0.1, 0.15) is 5.60 Å². The maximum Gasteiger partial charge on any atom is 0.252 e. The summed E-state index contributed by atoms with van der Waals surface area (Å²) in [5.74, 6) is 0.680. The summed E-state index contributed by atoms with van der Waals surface area (Å²) in [6.07, 6.45) is 0.378. The number of carbonyl (C=O) groups excluding carboxylic acids is 1. The number of carbonyl (C=O) groups is 1. The van der Waals surface area contributed by atoms with E-state index in [1.54, 1.807) is 0 Å². The van der Waals surface area contributed by atoms with Crippen LogP contribution in [0.5, 0.6) is 0 Å². The molecule has 0 aromatic heterocycles. The second-order valence-corrected chi connectivity index (χ2v) is 4.04. The second-order valence-electron chi connectivity index (χ2n) is 4.04. The molecule has 1 rings (SSSR count). The average molecular weight is 169 g/mol. The number of hydrogen-bond donors (Lipinski definition) is 0. The Morgan fingerprint density at radius 3 is 2.50 bits per heavy atom. The van der Waals surface area contributed by atoms with Crippen molar-refractivity contribution in [1.82, 2.24) is 0 Å². The molecule has 0 aliphatic carbocycles. The Labute approximate surface area is 72.8 Å². The molecule has 68 valence electrons. The minimum Gasteiger partial charge on any atom is -0.474 e. The quantitative estimate of drug-likeness (QED) is 0.600. The van der Waals surface area contributed by atoms with Crippen molar-refractivity contribution in [1.29, 1.82) is 0 Å². The van der Waals surface area contributed by atoms with E-state index in [-0.39, 0.29) is 17.4 Å². The Morgan fingerprint density at radius 1 is 1.50 bits per heavy atom. The van der Waals surface area contributed by atoms with E-state index >= 15 is 0 Å². The highest BCUT2D eigenvalue weighted by Crippen LogP contribution is 2.22. The summed E-state index contributed by atoms with van der Waals surface area (Å²) in [4.78, 5) is 15.0. The normalized spacial score (nSPS) is 22.1. The summed E-state index contributed by atoms with van der Waals surface area (Å²) >= 11 is 0. The minimum absolute atomic E-state index is 0.0741. The van der Waals surface area contributed by atoms with Crippen LogP contribution in [-0.4, -0.2) is 17.4 Å². The Hall–Kier alpha value is -0.860. The van der Waals surface area contributed by atoms with Crippen molar-refractivity contribution >= 4 is 11.8 Å². The standard InChI is InChI=1S/C9H15NO2/c1-6(2)8-10-7(11)5-9(3,4)12-8/h6H,5H2,1-4H3. The molecule has 1 amide bonds. The van der Waals surface area contributed by atoms with Crippen LogP contribution in [0.1, 0.15) is 34.1 Å². The average Bonchev–Trinajstić information content (AvgIpc) is 1.82. The zero-order valence-electron chi connectivity index (χ0n) is 8.05. The number of nitrogens with zero attached hydrogens (tertiary/aromatic N) is 1. The van der Waals surface area contributed by atoms with Gasteiger partial charge in [0.15, 0.2) is 5.90 Å². The fourth-order valence-electron chi connectivity index (χ4n) is 1.12. The molecule has 1 aliphatic heterocycles. The van der Waals surface area contributed by atoms with Crippen molar-refractivity contribution < 1.29 is 9.53 Å². The molecule has 0 unspecified atom stereocenters. The van der Waals surface area contributed by atoms with Crippen molar-refractivity contribution in [3.05, 3.63) is 0 Å². The number of hydrogen-bond acceptors (Lipinski definition) is 2. The van der Waals surface area contributed by atoms with Gasteiger partial charge in [-0.15, -0.1) is 0 Å². The zero-order valence-corrected chi connectivity index (χ0v) is 8.05. The molecule has 0 saturated carbocycles. The van der Waals surface area contributed by atoms with E-state index in [9.17, 15) is 4.79 Å². The third kappa shape index (κ3) is 2.06. The van der Waals surface area contributed by atoms with E-state index in [4.69, 9.17) is 4.74 Å². The minimum atomic E-state index is -0.377. The van der Waals surface area contributed by atoms with Gasteiger partial charge < -0.3 is 4.74 Å². The molecule has 1 heterocycles. The monoisotopic (exact) mass is 169 g/mol. The maximum absolute atomic E-state index is 11.1. The number of aliphatic imine (C=N–C) groups is 1. The highest BCUT2D eigenvalue weighted by molar-refractivity contribution is 5.94. The molecule has 0 spiro atoms. The Bertz CT molecular complexity index is 229. The van der Waals surface area contributed by atoms with Gasteiger partial charge in [-0.2, -0.15) is 4.99 Å². The van der Waals surface area contributed by atoms with Crippen LogP contribution in [0.25, 0.3) is 0 Å². The van der Waals surface area contributed by atoms with Crippen molar-refractivity contribution in [3.63, 3.8) is 0 Å². The van der Waals surface area contributed by atoms with Crippen LogP contribution < -0.4 is 0 Å². The van der Waals surface area contributed by atoms with E-state index < -0.39 is 0 Å². The number of rotatable bonds is 1. The van der Waals surface area contributed by atoms with E-state index in [0.717, 1.165) is 0 Å². The van der Waals surface area contributed by atoms with Crippen molar-refractivity contribution in [2.75, 3.05) is 0 Å². The predicted octanol–water partition coefficient (Wildman–Crippen LogP) is 1.77. The molecular formula is C9H15NO2. The van der Waals surface area contributed by atoms with Crippen molar-refractivity contribution in [2.24, 2.45) is 10.9 Å². The van der Waals surface area contributed by atoms with Gasteiger partial charge >= 0.3 is 0 Å². The third-order valence-corrected chi connectivity index (χ3v) is 1.69. The van der Waals surface area contributed by atoms with E-state index in [0.29, 0.717) is 12.3 Å². The van der Waals surface area contributed by atoms with Gasteiger partial charge in [0, 0.05) is 5.92 Å². The van der Waals surface area contributed by atoms with E-state index in [1.807, 2.05) is 27.7 Å². The molecule has 0 bridgehead atoms. The largest absolute Gasteiger partial charge is 0.474 e. The molecule has 12 heavy (non-hydrogen) atoms. The molecule has 3 nitrogen and oxygen atoms in total. The van der Waals surface area contributed by atoms with Crippen molar-refractivity contribution in [2.45, 2.75) is 39.7 Å². The molecule has 0 radical (unpaired) electrons. The second kappa shape index (κ2) is 2.88.